The normalized spacial score (nSPS) is 18.9. The van der Waals surface area contributed by atoms with Gasteiger partial charge >= 0.3 is 6.09 Å². The Morgan fingerprint density at radius 3 is 2.47 bits per heavy atom. The van der Waals surface area contributed by atoms with E-state index in [-0.39, 0.29) is 29.0 Å². The summed E-state index contributed by atoms with van der Waals surface area (Å²) < 4.78 is 30.4. The molecule has 1 aromatic carbocycles. The van der Waals surface area contributed by atoms with Gasteiger partial charge in [-0.15, -0.1) is 0 Å². The number of cyclic esters (lactones) is 1. The zero-order valence-electron chi connectivity index (χ0n) is 19.9. The lowest BCUT2D eigenvalue weighted by molar-refractivity contribution is 0.0742. The van der Waals surface area contributed by atoms with Crippen molar-refractivity contribution in [3.05, 3.63) is 47.2 Å². The summed E-state index contributed by atoms with van der Waals surface area (Å²) in [5.74, 6) is 0.568. The number of anilines is 2. The number of sulfone groups is 1. The number of rotatable bonds is 5. The van der Waals surface area contributed by atoms with E-state index in [1.807, 2.05) is 27.0 Å². The molecule has 182 valence electrons. The lowest BCUT2D eigenvalue weighted by atomic mass is 10.1. The van der Waals surface area contributed by atoms with Crippen molar-refractivity contribution in [3.8, 4) is 0 Å². The molecule has 1 unspecified atom stereocenters. The van der Waals surface area contributed by atoms with Gasteiger partial charge in [-0.05, 0) is 49.6 Å². The average molecular weight is 487 g/mol. The molecule has 2 aliphatic rings. The van der Waals surface area contributed by atoms with Crippen LogP contribution in [0.25, 0.3) is 0 Å². The summed E-state index contributed by atoms with van der Waals surface area (Å²) in [7, 11) is -3.72. The van der Waals surface area contributed by atoms with E-state index in [1.54, 1.807) is 11.0 Å². The number of ether oxygens (including phenoxy) is 1. The van der Waals surface area contributed by atoms with E-state index in [0.29, 0.717) is 38.3 Å². The molecule has 9 nitrogen and oxygen atoms in total. The molecule has 2 aromatic rings. The summed E-state index contributed by atoms with van der Waals surface area (Å²) in [5.41, 5.74) is 2.71. The Morgan fingerprint density at radius 2 is 1.85 bits per heavy atom. The van der Waals surface area contributed by atoms with Gasteiger partial charge in [0.25, 0.3) is 5.91 Å². The van der Waals surface area contributed by atoms with Crippen molar-refractivity contribution in [2.24, 2.45) is 0 Å². The maximum Gasteiger partial charge on any atom is 0.414 e. The first-order chi connectivity index (χ1) is 16.1. The molecule has 2 saturated heterocycles. The van der Waals surface area contributed by atoms with Gasteiger partial charge in [-0.3, -0.25) is 9.69 Å². The van der Waals surface area contributed by atoms with Crippen molar-refractivity contribution < 1.29 is 22.7 Å². The van der Waals surface area contributed by atoms with E-state index in [9.17, 15) is 18.0 Å². The minimum Gasteiger partial charge on any atom is -0.447 e. The van der Waals surface area contributed by atoms with Crippen LogP contribution >= 0.6 is 0 Å². The van der Waals surface area contributed by atoms with Crippen molar-refractivity contribution in [1.82, 2.24) is 9.88 Å². The Morgan fingerprint density at radius 1 is 1.15 bits per heavy atom. The zero-order valence-corrected chi connectivity index (χ0v) is 20.8. The Bertz CT molecular complexity index is 1220. The number of nitrogens with zero attached hydrogens (tertiary/aromatic N) is 4. The van der Waals surface area contributed by atoms with E-state index in [1.165, 1.54) is 17.0 Å². The summed E-state index contributed by atoms with van der Waals surface area (Å²) in [6.07, 6.45) is 3.06. The first-order valence-corrected chi connectivity index (χ1v) is 13.3. The molecule has 0 saturated carbocycles. The summed E-state index contributed by atoms with van der Waals surface area (Å²) in [4.78, 5) is 35.3. The second kappa shape index (κ2) is 9.25. The maximum atomic E-state index is 13.4. The van der Waals surface area contributed by atoms with E-state index in [0.717, 1.165) is 23.2 Å². The van der Waals surface area contributed by atoms with Gasteiger partial charge in [0.1, 0.15) is 12.4 Å². The summed E-state index contributed by atoms with van der Waals surface area (Å²) in [6, 6.07) is 6.44. The molecular formula is C24H30N4O5S. The van der Waals surface area contributed by atoms with Crippen molar-refractivity contribution in [1.29, 1.82) is 0 Å². The highest BCUT2D eigenvalue weighted by Gasteiger charge is 2.35. The Labute approximate surface area is 200 Å². The number of hydrogen-bond donors (Lipinski definition) is 0. The molecule has 0 radical (unpaired) electrons. The Balaban J connectivity index is 1.57. The standard InChI is InChI=1S/C24H30N4O5S/c1-5-18-15-33-24(30)28(18)19-6-7-20(21(13-19)34(4,31)32)23(29)27-10-8-26(9-11-27)22-17(3)12-16(2)14-25-22/h6-7,12-14,18H,5,8-11,15H2,1-4H3. The fourth-order valence-corrected chi connectivity index (χ4v) is 5.44. The minimum absolute atomic E-state index is 0.0805. The number of piperazine rings is 1. The Hall–Kier alpha value is -3.14. The van der Waals surface area contributed by atoms with E-state index in [4.69, 9.17) is 4.74 Å². The highest BCUT2D eigenvalue weighted by atomic mass is 32.2. The molecule has 2 fully saturated rings. The molecule has 2 aliphatic heterocycles. The van der Waals surface area contributed by atoms with Crippen LogP contribution in [0.2, 0.25) is 0 Å². The third-order valence-corrected chi connectivity index (χ3v) is 7.50. The van der Waals surface area contributed by atoms with Gasteiger partial charge in [0.2, 0.25) is 0 Å². The van der Waals surface area contributed by atoms with Crippen LogP contribution in [0.15, 0.2) is 35.4 Å². The van der Waals surface area contributed by atoms with Gasteiger partial charge in [0, 0.05) is 44.3 Å². The zero-order chi connectivity index (χ0) is 24.6. The van der Waals surface area contributed by atoms with Crippen molar-refractivity contribution in [3.63, 3.8) is 0 Å². The lowest BCUT2D eigenvalue weighted by Gasteiger charge is -2.36. The van der Waals surface area contributed by atoms with Crippen LogP contribution in [0.4, 0.5) is 16.3 Å². The topological polar surface area (TPSA) is 100 Å². The molecule has 2 amide bonds. The molecule has 0 bridgehead atoms. The third-order valence-electron chi connectivity index (χ3n) is 6.36. The summed E-state index contributed by atoms with van der Waals surface area (Å²) in [6.45, 7) is 8.32. The fraction of sp³-hybridized carbons (Fsp3) is 0.458. The van der Waals surface area contributed by atoms with Crippen molar-refractivity contribution >= 4 is 33.3 Å². The predicted octanol–water partition coefficient (Wildman–Crippen LogP) is 2.80. The molecule has 3 heterocycles. The average Bonchev–Trinajstić information content (AvgIpc) is 3.18. The number of amides is 2. The number of carbonyl (C=O) groups excluding carboxylic acids is 2. The highest BCUT2D eigenvalue weighted by Crippen LogP contribution is 2.30. The van der Waals surface area contributed by atoms with Crippen LogP contribution in [0.5, 0.6) is 0 Å². The number of benzene rings is 1. The van der Waals surface area contributed by atoms with Crippen LogP contribution in [-0.2, 0) is 14.6 Å². The van der Waals surface area contributed by atoms with E-state index >= 15 is 0 Å². The summed E-state index contributed by atoms with van der Waals surface area (Å²) >= 11 is 0. The monoisotopic (exact) mass is 486 g/mol. The van der Waals surface area contributed by atoms with E-state index in [2.05, 4.69) is 16.0 Å². The molecule has 1 aromatic heterocycles. The molecular weight excluding hydrogens is 456 g/mol. The van der Waals surface area contributed by atoms with Crippen LogP contribution in [0.3, 0.4) is 0 Å². The minimum atomic E-state index is -3.72. The van der Waals surface area contributed by atoms with Gasteiger partial charge in [-0.25, -0.2) is 18.2 Å². The van der Waals surface area contributed by atoms with Crippen LogP contribution in [0, 0.1) is 13.8 Å². The fourth-order valence-electron chi connectivity index (χ4n) is 4.55. The number of aromatic nitrogens is 1. The van der Waals surface area contributed by atoms with Gasteiger partial charge in [-0.1, -0.05) is 13.0 Å². The van der Waals surface area contributed by atoms with Gasteiger partial charge in [0.15, 0.2) is 9.84 Å². The maximum absolute atomic E-state index is 13.4. The predicted molar refractivity (Wildman–Crippen MR) is 129 cm³/mol. The molecule has 0 N–H and O–H groups in total. The smallest absolute Gasteiger partial charge is 0.414 e. The second-order valence-electron chi connectivity index (χ2n) is 8.89. The summed E-state index contributed by atoms with van der Waals surface area (Å²) in [5, 5.41) is 0. The SMILES string of the molecule is CCC1COC(=O)N1c1ccc(C(=O)N2CCN(c3ncc(C)cc3C)CC2)c(S(C)(=O)=O)c1. The lowest BCUT2D eigenvalue weighted by Crippen LogP contribution is -2.49. The first kappa shape index (κ1) is 24.0. The second-order valence-corrected chi connectivity index (χ2v) is 10.9. The van der Waals surface area contributed by atoms with Gasteiger partial charge < -0.3 is 14.5 Å². The first-order valence-electron chi connectivity index (χ1n) is 11.4. The van der Waals surface area contributed by atoms with Crippen molar-refractivity contribution in [2.75, 3.05) is 48.8 Å². The number of aryl methyl sites for hydroxylation is 2. The molecule has 4 rings (SSSR count). The Kier molecular flexibility index (Phi) is 6.53. The largest absolute Gasteiger partial charge is 0.447 e. The van der Waals surface area contributed by atoms with Gasteiger partial charge in [0.05, 0.1) is 16.5 Å². The molecule has 10 heteroatoms. The molecule has 1 atom stereocenters. The van der Waals surface area contributed by atoms with Gasteiger partial charge in [-0.2, -0.15) is 0 Å². The van der Waals surface area contributed by atoms with Crippen LogP contribution in [0.1, 0.15) is 34.8 Å². The third kappa shape index (κ3) is 4.59. The van der Waals surface area contributed by atoms with Crippen LogP contribution < -0.4 is 9.80 Å². The molecule has 0 spiro atoms. The molecule has 34 heavy (non-hydrogen) atoms. The quantitative estimate of drug-likeness (QED) is 0.641. The number of hydrogen-bond acceptors (Lipinski definition) is 7. The van der Waals surface area contributed by atoms with E-state index < -0.39 is 15.9 Å². The van der Waals surface area contributed by atoms with Crippen LogP contribution in [-0.4, -0.2) is 75.4 Å². The number of carbonyl (C=O) groups is 2. The number of pyridine rings is 1. The van der Waals surface area contributed by atoms with Crippen molar-refractivity contribution in [2.45, 2.75) is 38.1 Å². The highest BCUT2D eigenvalue weighted by molar-refractivity contribution is 7.90. The molecule has 0 aliphatic carbocycles.